The number of carbonyl (C=O) groups is 1. The van der Waals surface area contributed by atoms with Crippen LogP contribution in [-0.2, 0) is 11.3 Å². The number of carbonyl (C=O) groups excluding carboxylic acids is 1. The van der Waals surface area contributed by atoms with E-state index in [0.29, 0.717) is 0 Å². The van der Waals surface area contributed by atoms with Crippen molar-refractivity contribution >= 4 is 11.6 Å². The van der Waals surface area contributed by atoms with Crippen molar-refractivity contribution in [2.45, 2.75) is 32.7 Å². The second kappa shape index (κ2) is 7.05. The molecule has 1 unspecified atom stereocenters. The Hall–Kier alpha value is -1.39. The predicted molar refractivity (Wildman–Crippen MR) is 87.3 cm³/mol. The van der Waals surface area contributed by atoms with Gasteiger partial charge < -0.3 is 15.5 Å². The second-order valence-corrected chi connectivity index (χ2v) is 6.26. The Morgan fingerprint density at radius 1 is 1.38 bits per heavy atom. The Morgan fingerprint density at radius 2 is 2.14 bits per heavy atom. The maximum atomic E-state index is 12.8. The number of piperidine rings is 1. The average Bonchev–Trinajstić information content (AvgIpc) is 2.49. The monoisotopic (exact) mass is 289 g/mol. The van der Waals surface area contributed by atoms with Crippen molar-refractivity contribution in [1.29, 1.82) is 0 Å². The lowest BCUT2D eigenvalue weighted by atomic mass is 9.77. The largest absolute Gasteiger partial charge is 0.325 e. The summed E-state index contributed by atoms with van der Waals surface area (Å²) in [6.07, 6.45) is 2.92. The van der Waals surface area contributed by atoms with Crippen LogP contribution >= 0.6 is 0 Å². The van der Waals surface area contributed by atoms with E-state index < -0.39 is 0 Å². The maximum Gasteiger partial charge on any atom is 0.231 e. The molecule has 4 heteroatoms. The minimum Gasteiger partial charge on any atom is -0.325 e. The van der Waals surface area contributed by atoms with Crippen LogP contribution < -0.4 is 10.6 Å². The van der Waals surface area contributed by atoms with Crippen molar-refractivity contribution in [3.8, 4) is 0 Å². The lowest BCUT2D eigenvalue weighted by Gasteiger charge is -2.35. The zero-order chi connectivity index (χ0) is 15.3. The Kier molecular flexibility index (Phi) is 5.37. The molecule has 1 atom stereocenters. The highest BCUT2D eigenvalue weighted by Gasteiger charge is 2.37. The molecule has 0 bridgehead atoms. The van der Waals surface area contributed by atoms with E-state index in [0.717, 1.165) is 50.1 Å². The summed E-state index contributed by atoms with van der Waals surface area (Å²) in [6, 6.07) is 8.07. The van der Waals surface area contributed by atoms with Crippen molar-refractivity contribution in [3.05, 3.63) is 29.8 Å². The van der Waals surface area contributed by atoms with Crippen LogP contribution in [0.1, 0.15) is 31.7 Å². The molecule has 2 N–H and O–H groups in total. The van der Waals surface area contributed by atoms with Crippen molar-refractivity contribution in [3.63, 3.8) is 0 Å². The molecule has 1 fully saturated rings. The lowest BCUT2D eigenvalue weighted by Crippen LogP contribution is -2.47. The molecule has 0 radical (unpaired) electrons. The number of amides is 1. The molecule has 0 spiro atoms. The van der Waals surface area contributed by atoms with E-state index >= 15 is 0 Å². The first kappa shape index (κ1) is 16.0. The lowest BCUT2D eigenvalue weighted by molar-refractivity contribution is -0.126. The molecule has 4 nitrogen and oxygen atoms in total. The van der Waals surface area contributed by atoms with Gasteiger partial charge in [-0.25, -0.2) is 0 Å². The van der Waals surface area contributed by atoms with Crippen LogP contribution in [0.3, 0.4) is 0 Å². The molecule has 21 heavy (non-hydrogen) atoms. The van der Waals surface area contributed by atoms with Gasteiger partial charge in [0.05, 0.1) is 5.41 Å². The van der Waals surface area contributed by atoms with Crippen LogP contribution in [0.2, 0.25) is 0 Å². The van der Waals surface area contributed by atoms with Gasteiger partial charge in [0.1, 0.15) is 0 Å². The van der Waals surface area contributed by atoms with Crippen LogP contribution in [0.4, 0.5) is 5.69 Å². The first-order valence-electron chi connectivity index (χ1n) is 7.82. The summed E-state index contributed by atoms with van der Waals surface area (Å²) in [5.41, 5.74) is 1.84. The Morgan fingerprint density at radius 3 is 2.76 bits per heavy atom. The first-order chi connectivity index (χ1) is 10.1. The van der Waals surface area contributed by atoms with E-state index in [2.05, 4.69) is 28.5 Å². The number of para-hydroxylation sites is 1. The van der Waals surface area contributed by atoms with Gasteiger partial charge in [0.2, 0.25) is 5.91 Å². The van der Waals surface area contributed by atoms with Gasteiger partial charge in [-0.2, -0.15) is 0 Å². The number of hydrogen-bond acceptors (Lipinski definition) is 3. The van der Waals surface area contributed by atoms with E-state index in [1.54, 1.807) is 0 Å². The highest BCUT2D eigenvalue weighted by molar-refractivity contribution is 5.96. The molecule has 2 rings (SSSR count). The Bertz CT molecular complexity index is 479. The van der Waals surface area contributed by atoms with Gasteiger partial charge in [-0.05, 0) is 51.5 Å². The quantitative estimate of drug-likeness (QED) is 0.875. The highest BCUT2D eigenvalue weighted by atomic mass is 16.2. The van der Waals surface area contributed by atoms with Crippen LogP contribution in [-0.4, -0.2) is 38.0 Å². The molecule has 1 aromatic rings. The second-order valence-electron chi connectivity index (χ2n) is 6.26. The fraction of sp³-hybridized carbons (Fsp3) is 0.588. The summed E-state index contributed by atoms with van der Waals surface area (Å²) in [4.78, 5) is 14.9. The maximum absolute atomic E-state index is 12.8. The van der Waals surface area contributed by atoms with Crippen LogP contribution in [0, 0.1) is 5.41 Å². The number of hydrogen-bond donors (Lipinski definition) is 2. The van der Waals surface area contributed by atoms with Gasteiger partial charge in [-0.15, -0.1) is 0 Å². The molecule has 1 heterocycles. The van der Waals surface area contributed by atoms with Crippen molar-refractivity contribution in [1.82, 2.24) is 10.2 Å². The Balaban J connectivity index is 2.15. The van der Waals surface area contributed by atoms with Gasteiger partial charge in [0.25, 0.3) is 0 Å². The highest BCUT2D eigenvalue weighted by Crippen LogP contribution is 2.32. The third-order valence-electron chi connectivity index (χ3n) is 4.38. The molecule has 0 aliphatic carbocycles. The SMILES string of the molecule is CCC1(C(=O)Nc2ccccc2CN(C)C)CCCNC1. The molecule has 1 amide bonds. The number of nitrogens with one attached hydrogen (secondary N) is 2. The molecule has 1 aliphatic rings. The molecule has 1 saturated heterocycles. The van der Waals surface area contributed by atoms with E-state index in [9.17, 15) is 4.79 Å². The zero-order valence-corrected chi connectivity index (χ0v) is 13.4. The van der Waals surface area contributed by atoms with E-state index in [1.165, 1.54) is 0 Å². The molecule has 1 aromatic carbocycles. The van der Waals surface area contributed by atoms with Crippen molar-refractivity contribution < 1.29 is 4.79 Å². The Labute approximate surface area is 127 Å². The normalized spacial score (nSPS) is 22.3. The van der Waals surface area contributed by atoms with Gasteiger partial charge in [0.15, 0.2) is 0 Å². The number of anilines is 1. The summed E-state index contributed by atoms with van der Waals surface area (Å²) >= 11 is 0. The van der Waals surface area contributed by atoms with E-state index in [-0.39, 0.29) is 11.3 Å². The first-order valence-corrected chi connectivity index (χ1v) is 7.82. The molecule has 1 aliphatic heterocycles. The van der Waals surface area contributed by atoms with Gasteiger partial charge >= 0.3 is 0 Å². The smallest absolute Gasteiger partial charge is 0.231 e. The van der Waals surface area contributed by atoms with Gasteiger partial charge in [-0.1, -0.05) is 25.1 Å². The summed E-state index contributed by atoms with van der Waals surface area (Å²) in [5, 5.41) is 6.54. The van der Waals surface area contributed by atoms with Crippen molar-refractivity contribution in [2.75, 3.05) is 32.5 Å². The molecular weight excluding hydrogens is 262 g/mol. The summed E-state index contributed by atoms with van der Waals surface area (Å²) in [7, 11) is 4.08. The summed E-state index contributed by atoms with van der Waals surface area (Å²) in [6.45, 7) is 4.74. The van der Waals surface area contributed by atoms with Crippen molar-refractivity contribution in [2.24, 2.45) is 5.41 Å². The molecular formula is C17H27N3O. The third kappa shape index (κ3) is 3.83. The standard InChI is InChI=1S/C17H27N3O/c1-4-17(10-7-11-18-13-17)16(21)19-15-9-6-5-8-14(15)12-20(2)3/h5-6,8-9,18H,4,7,10-13H2,1-3H3,(H,19,21). The van der Waals surface area contributed by atoms with Gasteiger partial charge in [0, 0.05) is 18.8 Å². The molecule has 0 saturated carbocycles. The topological polar surface area (TPSA) is 44.4 Å². The molecule has 116 valence electrons. The molecule has 0 aromatic heterocycles. The minimum absolute atomic E-state index is 0.156. The fourth-order valence-corrected chi connectivity index (χ4v) is 3.00. The summed E-state index contributed by atoms with van der Waals surface area (Å²) < 4.78 is 0. The van der Waals surface area contributed by atoms with E-state index in [1.807, 2.05) is 32.3 Å². The minimum atomic E-state index is -0.260. The zero-order valence-electron chi connectivity index (χ0n) is 13.4. The number of rotatable bonds is 5. The van der Waals surface area contributed by atoms with Crippen LogP contribution in [0.15, 0.2) is 24.3 Å². The number of nitrogens with zero attached hydrogens (tertiary/aromatic N) is 1. The van der Waals surface area contributed by atoms with E-state index in [4.69, 9.17) is 0 Å². The summed E-state index contributed by atoms with van der Waals surface area (Å²) in [5.74, 6) is 0.156. The van der Waals surface area contributed by atoms with Crippen LogP contribution in [0.25, 0.3) is 0 Å². The third-order valence-corrected chi connectivity index (χ3v) is 4.38. The average molecular weight is 289 g/mol. The van der Waals surface area contributed by atoms with Gasteiger partial charge in [-0.3, -0.25) is 4.79 Å². The predicted octanol–water partition coefficient (Wildman–Crippen LogP) is 2.47. The fourth-order valence-electron chi connectivity index (χ4n) is 3.00. The van der Waals surface area contributed by atoms with Crippen LogP contribution in [0.5, 0.6) is 0 Å². The number of benzene rings is 1.